The Morgan fingerprint density at radius 1 is 1.09 bits per heavy atom. The molecule has 0 N–H and O–H groups in total. The van der Waals surface area contributed by atoms with Crippen LogP contribution in [-0.4, -0.2) is 41.0 Å². The highest BCUT2D eigenvalue weighted by Crippen LogP contribution is 2.44. The average Bonchev–Trinajstić information content (AvgIpc) is 3.20. The molecule has 1 atom stereocenters. The van der Waals surface area contributed by atoms with Gasteiger partial charge in [0.1, 0.15) is 0 Å². The third-order valence-electron chi connectivity index (χ3n) is 5.54. The lowest BCUT2D eigenvalue weighted by Crippen LogP contribution is -2.38. The predicted octanol–water partition coefficient (Wildman–Crippen LogP) is 4.48. The van der Waals surface area contributed by atoms with E-state index < -0.39 is 12.0 Å². The van der Waals surface area contributed by atoms with Crippen molar-refractivity contribution in [2.75, 3.05) is 14.2 Å². The van der Waals surface area contributed by atoms with Gasteiger partial charge in [0.15, 0.2) is 5.17 Å². The SMILES string of the molecule is COC(=O)C1=C(C)N=C2SC=C(CC(=O)N(C)Cc3ccccc3)N2C1c1ccccc1. The number of carbonyl (C=O) groups excluding carboxylic acids is 2. The van der Waals surface area contributed by atoms with E-state index in [2.05, 4.69) is 4.99 Å². The standard InChI is InChI=1S/C25H25N3O3S/c1-17-22(24(30)31-3)23(19-12-8-5-9-13-19)28-20(16-32-25(28)26-17)14-21(29)27(2)15-18-10-6-4-7-11-18/h4-13,16,23H,14-15H2,1-3H3. The first-order chi connectivity index (χ1) is 15.5. The third kappa shape index (κ3) is 4.34. The topological polar surface area (TPSA) is 62.2 Å². The summed E-state index contributed by atoms with van der Waals surface area (Å²) in [5.41, 5.74) is 3.96. The van der Waals surface area contributed by atoms with E-state index in [1.165, 1.54) is 18.9 Å². The monoisotopic (exact) mass is 447 g/mol. The van der Waals surface area contributed by atoms with Gasteiger partial charge in [-0.05, 0) is 23.5 Å². The fraction of sp³-hybridized carbons (Fsp3) is 0.240. The number of hydrogen-bond donors (Lipinski definition) is 0. The summed E-state index contributed by atoms with van der Waals surface area (Å²) in [7, 11) is 3.18. The fourth-order valence-corrected chi connectivity index (χ4v) is 4.89. The first-order valence-electron chi connectivity index (χ1n) is 10.3. The third-order valence-corrected chi connectivity index (χ3v) is 6.43. The van der Waals surface area contributed by atoms with Gasteiger partial charge >= 0.3 is 5.97 Å². The lowest BCUT2D eigenvalue weighted by atomic mass is 9.94. The second-order valence-corrected chi connectivity index (χ2v) is 8.54. The number of esters is 1. The van der Waals surface area contributed by atoms with Crippen LogP contribution in [0.5, 0.6) is 0 Å². The number of fused-ring (bicyclic) bond motifs is 1. The largest absolute Gasteiger partial charge is 0.466 e. The highest BCUT2D eigenvalue weighted by atomic mass is 32.2. The van der Waals surface area contributed by atoms with Crippen molar-refractivity contribution in [2.24, 2.45) is 4.99 Å². The van der Waals surface area contributed by atoms with E-state index in [1.807, 2.05) is 84.9 Å². The van der Waals surface area contributed by atoms with Gasteiger partial charge in [-0.2, -0.15) is 0 Å². The molecule has 2 aromatic rings. The number of aliphatic imine (C=N–C) groups is 1. The molecule has 2 aliphatic rings. The van der Waals surface area contributed by atoms with Crippen LogP contribution in [0, 0.1) is 0 Å². The predicted molar refractivity (Wildman–Crippen MR) is 126 cm³/mol. The Morgan fingerprint density at radius 3 is 2.41 bits per heavy atom. The molecule has 0 spiro atoms. The number of nitrogens with zero attached hydrogens (tertiary/aromatic N) is 3. The van der Waals surface area contributed by atoms with Crippen LogP contribution < -0.4 is 0 Å². The van der Waals surface area contributed by atoms with Crippen LogP contribution in [-0.2, 0) is 20.9 Å². The van der Waals surface area contributed by atoms with Crippen molar-refractivity contribution >= 4 is 28.8 Å². The summed E-state index contributed by atoms with van der Waals surface area (Å²) in [4.78, 5) is 34.1. The molecule has 1 unspecified atom stereocenters. The van der Waals surface area contributed by atoms with Gasteiger partial charge in [0.25, 0.3) is 0 Å². The molecule has 0 saturated carbocycles. The second kappa shape index (κ2) is 9.44. The number of methoxy groups -OCH3 is 1. The Hall–Kier alpha value is -3.32. The molecule has 4 rings (SSSR count). The number of rotatable bonds is 6. The van der Waals surface area contributed by atoms with Gasteiger partial charge in [0.2, 0.25) is 5.91 Å². The second-order valence-electron chi connectivity index (χ2n) is 7.71. The molecular formula is C25H25N3O3S. The van der Waals surface area contributed by atoms with Gasteiger partial charge in [0.05, 0.1) is 30.8 Å². The van der Waals surface area contributed by atoms with Crippen molar-refractivity contribution in [1.29, 1.82) is 0 Å². The van der Waals surface area contributed by atoms with Crippen molar-refractivity contribution in [3.8, 4) is 0 Å². The summed E-state index contributed by atoms with van der Waals surface area (Å²) in [6, 6.07) is 19.3. The number of allylic oxidation sites excluding steroid dienone is 1. The van der Waals surface area contributed by atoms with E-state index in [0.29, 0.717) is 17.8 Å². The smallest absolute Gasteiger partial charge is 0.338 e. The summed E-state index contributed by atoms with van der Waals surface area (Å²) in [6.45, 7) is 2.36. The van der Waals surface area contributed by atoms with E-state index in [-0.39, 0.29) is 12.3 Å². The lowest BCUT2D eigenvalue weighted by Gasteiger charge is -2.36. The Labute approximate surface area is 192 Å². The van der Waals surface area contributed by atoms with Crippen LogP contribution in [0.25, 0.3) is 0 Å². The van der Waals surface area contributed by atoms with Gasteiger partial charge in [-0.3, -0.25) is 4.79 Å². The minimum absolute atomic E-state index is 0.000317. The Balaban J connectivity index is 1.61. The van der Waals surface area contributed by atoms with Crippen molar-refractivity contribution in [3.05, 3.63) is 94.2 Å². The maximum absolute atomic E-state index is 13.1. The molecule has 7 heteroatoms. The molecule has 0 bridgehead atoms. The number of hydrogen-bond acceptors (Lipinski definition) is 6. The molecule has 2 heterocycles. The zero-order chi connectivity index (χ0) is 22.7. The first-order valence-corrected chi connectivity index (χ1v) is 11.2. The van der Waals surface area contributed by atoms with E-state index in [4.69, 9.17) is 4.74 Å². The molecule has 32 heavy (non-hydrogen) atoms. The average molecular weight is 448 g/mol. The van der Waals surface area contributed by atoms with Crippen LogP contribution >= 0.6 is 11.8 Å². The van der Waals surface area contributed by atoms with Gasteiger partial charge < -0.3 is 14.5 Å². The van der Waals surface area contributed by atoms with Gasteiger partial charge in [-0.25, -0.2) is 9.79 Å². The summed E-state index contributed by atoms with van der Waals surface area (Å²) in [5, 5.41) is 2.72. The fourth-order valence-electron chi connectivity index (χ4n) is 3.93. The number of ether oxygens (including phenoxy) is 1. The number of benzene rings is 2. The normalized spacial score (nSPS) is 17.5. The van der Waals surface area contributed by atoms with Crippen LogP contribution in [0.1, 0.15) is 30.5 Å². The number of thioether (sulfide) groups is 1. The summed E-state index contributed by atoms with van der Waals surface area (Å²) < 4.78 is 5.09. The Morgan fingerprint density at radius 2 is 1.75 bits per heavy atom. The van der Waals surface area contributed by atoms with Gasteiger partial charge in [-0.15, -0.1) is 0 Å². The number of amides is 1. The number of carbonyl (C=O) groups is 2. The van der Waals surface area contributed by atoms with E-state index in [0.717, 1.165) is 22.0 Å². The molecule has 164 valence electrons. The van der Waals surface area contributed by atoms with Crippen LogP contribution in [0.3, 0.4) is 0 Å². The highest BCUT2D eigenvalue weighted by molar-refractivity contribution is 8.16. The van der Waals surface area contributed by atoms with Crippen molar-refractivity contribution in [3.63, 3.8) is 0 Å². The molecule has 0 fully saturated rings. The maximum Gasteiger partial charge on any atom is 0.338 e. The van der Waals surface area contributed by atoms with Crippen molar-refractivity contribution in [2.45, 2.75) is 25.9 Å². The summed E-state index contributed by atoms with van der Waals surface area (Å²) >= 11 is 1.47. The van der Waals surface area contributed by atoms with Crippen molar-refractivity contribution < 1.29 is 14.3 Å². The quantitative estimate of drug-likeness (QED) is 0.611. The molecule has 2 aliphatic heterocycles. The lowest BCUT2D eigenvalue weighted by molar-refractivity contribution is -0.136. The van der Waals surface area contributed by atoms with E-state index in [1.54, 1.807) is 4.90 Å². The molecule has 6 nitrogen and oxygen atoms in total. The first kappa shape index (κ1) is 21.9. The molecule has 2 aromatic carbocycles. The van der Waals surface area contributed by atoms with Crippen LogP contribution in [0.15, 0.2) is 88.0 Å². The molecule has 1 amide bonds. The molecule has 0 saturated heterocycles. The van der Waals surface area contributed by atoms with E-state index in [9.17, 15) is 9.59 Å². The molecule has 0 radical (unpaired) electrons. The Bertz CT molecular complexity index is 1110. The van der Waals surface area contributed by atoms with Crippen LogP contribution in [0.2, 0.25) is 0 Å². The minimum atomic E-state index is -0.414. The van der Waals surface area contributed by atoms with Crippen molar-refractivity contribution in [1.82, 2.24) is 9.80 Å². The highest BCUT2D eigenvalue weighted by Gasteiger charge is 2.41. The van der Waals surface area contributed by atoms with Gasteiger partial charge in [-0.1, -0.05) is 72.4 Å². The minimum Gasteiger partial charge on any atom is -0.466 e. The molecule has 0 aliphatic carbocycles. The van der Waals surface area contributed by atoms with Gasteiger partial charge in [0, 0.05) is 19.3 Å². The maximum atomic E-state index is 13.1. The van der Waals surface area contributed by atoms with E-state index >= 15 is 0 Å². The zero-order valence-corrected chi connectivity index (χ0v) is 19.1. The summed E-state index contributed by atoms with van der Waals surface area (Å²) in [6.07, 6.45) is 0.214. The number of amidine groups is 1. The molecular weight excluding hydrogens is 422 g/mol. The Kier molecular flexibility index (Phi) is 6.46. The van der Waals surface area contributed by atoms with Crippen LogP contribution in [0.4, 0.5) is 0 Å². The molecule has 0 aromatic heterocycles. The summed E-state index contributed by atoms with van der Waals surface area (Å²) in [5.74, 6) is -0.414. The zero-order valence-electron chi connectivity index (χ0n) is 18.3.